The molecule has 0 aliphatic heterocycles. The Kier molecular flexibility index (Phi) is 4.04. The second-order valence-electron chi connectivity index (χ2n) is 4.48. The number of aromatic hydroxyl groups is 1. The molecule has 4 nitrogen and oxygen atoms in total. The Bertz CT molecular complexity index is 725. The van der Waals surface area contributed by atoms with E-state index in [1.807, 2.05) is 0 Å². The van der Waals surface area contributed by atoms with Gasteiger partial charge in [0.25, 0.3) is 0 Å². The molecular formula is C14H14ClNO3S. The van der Waals surface area contributed by atoms with E-state index in [0.717, 1.165) is 11.1 Å². The van der Waals surface area contributed by atoms with Crippen LogP contribution in [-0.4, -0.2) is 31.9 Å². The van der Waals surface area contributed by atoms with Crippen LogP contribution in [0.3, 0.4) is 0 Å². The number of hydrogen-bond acceptors (Lipinski definition) is 3. The van der Waals surface area contributed by atoms with E-state index in [4.69, 9.17) is 11.6 Å². The van der Waals surface area contributed by atoms with Gasteiger partial charge in [0.15, 0.2) is 0 Å². The van der Waals surface area contributed by atoms with Gasteiger partial charge in [0.05, 0.1) is 9.92 Å². The number of rotatable bonds is 3. The first-order valence-electron chi connectivity index (χ1n) is 5.84. The molecule has 0 fully saturated rings. The minimum atomic E-state index is -3.42. The molecule has 0 saturated heterocycles. The normalized spacial score (nSPS) is 11.8. The second kappa shape index (κ2) is 5.44. The summed E-state index contributed by atoms with van der Waals surface area (Å²) in [5.41, 5.74) is 1.63. The van der Waals surface area contributed by atoms with Gasteiger partial charge in [-0.15, -0.1) is 0 Å². The molecule has 2 aromatic carbocycles. The molecule has 0 aromatic heterocycles. The van der Waals surface area contributed by atoms with E-state index in [9.17, 15) is 13.5 Å². The topological polar surface area (TPSA) is 57.6 Å². The van der Waals surface area contributed by atoms with Crippen molar-refractivity contribution in [2.75, 3.05) is 14.1 Å². The lowest BCUT2D eigenvalue weighted by atomic mass is 10.1. The zero-order valence-corrected chi connectivity index (χ0v) is 12.6. The first-order chi connectivity index (χ1) is 9.32. The molecule has 0 saturated carbocycles. The molecule has 0 spiro atoms. The Morgan fingerprint density at radius 3 is 2.05 bits per heavy atom. The summed E-state index contributed by atoms with van der Waals surface area (Å²) in [6, 6.07) is 11.4. The van der Waals surface area contributed by atoms with E-state index in [1.54, 1.807) is 36.4 Å². The third kappa shape index (κ3) is 2.80. The summed E-state index contributed by atoms with van der Waals surface area (Å²) >= 11 is 5.86. The second-order valence-corrected chi connectivity index (χ2v) is 7.04. The van der Waals surface area contributed by atoms with Gasteiger partial charge >= 0.3 is 0 Å². The van der Waals surface area contributed by atoms with E-state index < -0.39 is 10.0 Å². The van der Waals surface area contributed by atoms with Crippen molar-refractivity contribution in [2.45, 2.75) is 4.90 Å². The van der Waals surface area contributed by atoms with E-state index in [1.165, 1.54) is 24.5 Å². The number of hydrogen-bond donors (Lipinski definition) is 1. The monoisotopic (exact) mass is 311 g/mol. The fourth-order valence-electron chi connectivity index (χ4n) is 1.72. The molecule has 0 radical (unpaired) electrons. The van der Waals surface area contributed by atoms with Crippen LogP contribution in [-0.2, 0) is 10.0 Å². The SMILES string of the molecule is CN(C)S(=O)(=O)c1ccc(-c2ccc(O)c(Cl)c2)cc1. The van der Waals surface area contributed by atoms with Crippen LogP contribution in [0.4, 0.5) is 0 Å². The van der Waals surface area contributed by atoms with Crippen molar-refractivity contribution in [1.82, 2.24) is 4.31 Å². The van der Waals surface area contributed by atoms with Gasteiger partial charge in [-0.05, 0) is 35.4 Å². The summed E-state index contributed by atoms with van der Waals surface area (Å²) in [4.78, 5) is 0.233. The molecular weight excluding hydrogens is 298 g/mol. The summed E-state index contributed by atoms with van der Waals surface area (Å²) in [6.45, 7) is 0. The van der Waals surface area contributed by atoms with Crippen LogP contribution in [0.2, 0.25) is 5.02 Å². The molecule has 0 aliphatic rings. The molecule has 2 rings (SSSR count). The Labute approximate surface area is 123 Å². The molecule has 2 aromatic rings. The molecule has 0 bridgehead atoms. The summed E-state index contributed by atoms with van der Waals surface area (Å²) < 4.78 is 25.1. The third-order valence-electron chi connectivity index (χ3n) is 2.91. The fraction of sp³-hybridized carbons (Fsp3) is 0.143. The van der Waals surface area contributed by atoms with E-state index >= 15 is 0 Å². The first kappa shape index (κ1) is 14.8. The quantitative estimate of drug-likeness (QED) is 0.948. The number of phenolic OH excluding ortho intramolecular Hbond substituents is 1. The van der Waals surface area contributed by atoms with Gasteiger partial charge in [0.2, 0.25) is 10.0 Å². The highest BCUT2D eigenvalue weighted by molar-refractivity contribution is 7.89. The zero-order valence-electron chi connectivity index (χ0n) is 11.0. The molecule has 106 valence electrons. The lowest BCUT2D eigenvalue weighted by Crippen LogP contribution is -2.22. The summed E-state index contributed by atoms with van der Waals surface area (Å²) in [6.07, 6.45) is 0. The summed E-state index contributed by atoms with van der Waals surface area (Å²) in [5.74, 6) is 0.0159. The van der Waals surface area contributed by atoms with Gasteiger partial charge in [-0.3, -0.25) is 0 Å². The highest BCUT2D eigenvalue weighted by Gasteiger charge is 2.16. The Morgan fingerprint density at radius 2 is 1.55 bits per heavy atom. The van der Waals surface area contributed by atoms with Gasteiger partial charge in [-0.2, -0.15) is 0 Å². The van der Waals surface area contributed by atoms with Crippen LogP contribution in [0.1, 0.15) is 0 Å². The van der Waals surface area contributed by atoms with Gasteiger partial charge in [-0.1, -0.05) is 29.8 Å². The van der Waals surface area contributed by atoms with Crippen LogP contribution in [0.15, 0.2) is 47.4 Å². The highest BCUT2D eigenvalue weighted by Crippen LogP contribution is 2.30. The molecule has 0 unspecified atom stereocenters. The molecule has 0 amide bonds. The first-order valence-corrected chi connectivity index (χ1v) is 7.65. The maximum atomic E-state index is 12.0. The average Bonchev–Trinajstić information content (AvgIpc) is 2.42. The van der Waals surface area contributed by atoms with Crippen LogP contribution in [0.25, 0.3) is 11.1 Å². The molecule has 6 heteroatoms. The maximum absolute atomic E-state index is 12.0. The van der Waals surface area contributed by atoms with Gasteiger partial charge < -0.3 is 5.11 Å². The number of benzene rings is 2. The Hall–Kier alpha value is -1.56. The predicted molar refractivity (Wildman–Crippen MR) is 79.4 cm³/mol. The van der Waals surface area contributed by atoms with E-state index in [-0.39, 0.29) is 15.7 Å². The molecule has 0 atom stereocenters. The van der Waals surface area contributed by atoms with Crippen LogP contribution in [0.5, 0.6) is 5.75 Å². The standard InChI is InChI=1S/C14H14ClNO3S/c1-16(2)20(18,19)12-6-3-10(4-7-12)11-5-8-14(17)13(15)9-11/h3-9,17H,1-2H3. The van der Waals surface area contributed by atoms with Crippen molar-refractivity contribution in [3.8, 4) is 16.9 Å². The molecule has 20 heavy (non-hydrogen) atoms. The Morgan fingerprint density at radius 1 is 1.00 bits per heavy atom. The van der Waals surface area contributed by atoms with Crippen LogP contribution < -0.4 is 0 Å². The third-order valence-corrected chi connectivity index (χ3v) is 5.05. The number of nitrogens with zero attached hydrogens (tertiary/aromatic N) is 1. The van der Waals surface area contributed by atoms with Gasteiger partial charge in [0.1, 0.15) is 5.75 Å². The van der Waals surface area contributed by atoms with E-state index in [2.05, 4.69) is 0 Å². The Balaban J connectivity index is 2.40. The zero-order chi connectivity index (χ0) is 14.9. The largest absolute Gasteiger partial charge is 0.506 e. The van der Waals surface area contributed by atoms with Crippen molar-refractivity contribution in [3.05, 3.63) is 47.5 Å². The average molecular weight is 312 g/mol. The van der Waals surface area contributed by atoms with Crippen molar-refractivity contribution >= 4 is 21.6 Å². The molecule has 1 N–H and O–H groups in total. The van der Waals surface area contributed by atoms with Gasteiger partial charge in [0, 0.05) is 14.1 Å². The van der Waals surface area contributed by atoms with Crippen molar-refractivity contribution in [3.63, 3.8) is 0 Å². The minimum absolute atomic E-state index is 0.0159. The lowest BCUT2D eigenvalue weighted by molar-refractivity contribution is 0.475. The van der Waals surface area contributed by atoms with Gasteiger partial charge in [-0.25, -0.2) is 12.7 Å². The minimum Gasteiger partial charge on any atom is -0.506 e. The van der Waals surface area contributed by atoms with Crippen molar-refractivity contribution < 1.29 is 13.5 Å². The summed E-state index contributed by atoms with van der Waals surface area (Å²) in [5, 5.41) is 9.64. The van der Waals surface area contributed by atoms with Crippen LogP contribution >= 0.6 is 11.6 Å². The lowest BCUT2D eigenvalue weighted by Gasteiger charge is -2.11. The number of halogens is 1. The van der Waals surface area contributed by atoms with Crippen molar-refractivity contribution in [1.29, 1.82) is 0 Å². The summed E-state index contributed by atoms with van der Waals surface area (Å²) in [7, 11) is -0.445. The predicted octanol–water partition coefficient (Wildman–Crippen LogP) is 2.96. The van der Waals surface area contributed by atoms with Crippen LogP contribution in [0, 0.1) is 0 Å². The smallest absolute Gasteiger partial charge is 0.242 e. The number of sulfonamides is 1. The molecule has 0 heterocycles. The fourth-order valence-corrected chi connectivity index (χ4v) is 2.80. The number of phenols is 1. The maximum Gasteiger partial charge on any atom is 0.242 e. The molecule has 0 aliphatic carbocycles. The van der Waals surface area contributed by atoms with Crippen molar-refractivity contribution in [2.24, 2.45) is 0 Å². The highest BCUT2D eigenvalue weighted by atomic mass is 35.5. The van der Waals surface area contributed by atoms with E-state index in [0.29, 0.717) is 0 Å².